The number of hydrogen-bond donors (Lipinski definition) is 0. The average molecular weight is 943 g/mol. The van der Waals surface area contributed by atoms with Crippen molar-refractivity contribution < 1.29 is 0 Å². The summed E-state index contributed by atoms with van der Waals surface area (Å²) in [6, 6.07) is 33.9. The molecule has 0 saturated carbocycles. The summed E-state index contributed by atoms with van der Waals surface area (Å²) in [7, 11) is 4.44. The monoisotopic (exact) mass is 943 g/mol. The zero-order valence-electron chi connectivity index (χ0n) is 42.5. The van der Waals surface area contributed by atoms with E-state index in [1.807, 2.05) is 9.36 Å². The van der Waals surface area contributed by atoms with Gasteiger partial charge < -0.3 is 9.80 Å². The number of aryl methyl sites for hydroxylation is 4. The highest BCUT2D eigenvalue weighted by Crippen LogP contribution is 2.41. The Morgan fingerprint density at radius 3 is 1.11 bits per heavy atom. The largest absolute Gasteiger partial charge is 0.306 e. The molecule has 4 aromatic carbocycles. The molecule has 0 amide bonds. The zero-order chi connectivity index (χ0) is 48.5. The van der Waals surface area contributed by atoms with E-state index in [4.69, 9.17) is 0 Å². The van der Waals surface area contributed by atoms with Crippen LogP contribution in [0.1, 0.15) is 70.7 Å². The van der Waals surface area contributed by atoms with Crippen LogP contribution in [0.2, 0.25) is 0 Å². The van der Waals surface area contributed by atoms with Crippen LogP contribution >= 0.6 is 0 Å². The molecule has 0 unspecified atom stereocenters. The van der Waals surface area contributed by atoms with Crippen LogP contribution in [0.4, 0.5) is 0 Å². The van der Waals surface area contributed by atoms with Gasteiger partial charge in [-0.2, -0.15) is 9.36 Å². The van der Waals surface area contributed by atoms with Gasteiger partial charge >= 0.3 is 0 Å². The number of aromatic nitrogens is 8. The number of para-hydroxylation sites is 2. The Morgan fingerprint density at radius 1 is 0.429 bits per heavy atom. The van der Waals surface area contributed by atoms with Crippen molar-refractivity contribution in [3.8, 4) is 11.4 Å². The van der Waals surface area contributed by atoms with Crippen molar-refractivity contribution in [2.45, 2.75) is 64.5 Å². The van der Waals surface area contributed by atoms with Crippen molar-refractivity contribution in [3.05, 3.63) is 154 Å². The summed E-state index contributed by atoms with van der Waals surface area (Å²) >= 11 is 0. The fourth-order valence-corrected chi connectivity index (χ4v) is 11.4. The summed E-state index contributed by atoms with van der Waals surface area (Å²) in [5.74, 6) is 2.00. The molecule has 6 aromatic rings. The van der Waals surface area contributed by atoms with Gasteiger partial charge in [0.15, 0.2) is 11.6 Å². The lowest BCUT2D eigenvalue weighted by atomic mass is 9.84. The minimum Gasteiger partial charge on any atom is -0.306 e. The molecule has 0 atom stereocenters. The highest BCUT2D eigenvalue weighted by atomic mass is 15.6. The number of likely N-dealkylation sites (tertiary alicyclic amines) is 2. The van der Waals surface area contributed by atoms with Gasteiger partial charge in [-0.3, -0.25) is 19.6 Å². The van der Waals surface area contributed by atoms with Crippen LogP contribution in [0.15, 0.2) is 109 Å². The van der Waals surface area contributed by atoms with Crippen molar-refractivity contribution >= 4 is 12.2 Å². The molecule has 0 aliphatic carbocycles. The predicted octanol–water partition coefficient (Wildman–Crippen LogP) is 7.06. The summed E-state index contributed by atoms with van der Waals surface area (Å²) in [5, 5.41) is 26.8. The predicted molar refractivity (Wildman–Crippen MR) is 281 cm³/mol. The third kappa shape index (κ3) is 10.9. The lowest BCUT2D eigenvalue weighted by molar-refractivity contribution is -0.0149. The van der Waals surface area contributed by atoms with Crippen LogP contribution in [-0.2, 0) is 11.1 Å². The quantitative estimate of drug-likeness (QED) is 0.126. The van der Waals surface area contributed by atoms with Crippen LogP contribution in [-0.4, -0.2) is 176 Å². The van der Waals surface area contributed by atoms with Gasteiger partial charge in [0.25, 0.3) is 0 Å². The van der Waals surface area contributed by atoms with E-state index < -0.39 is 0 Å². The van der Waals surface area contributed by atoms with Crippen molar-refractivity contribution in [2.75, 3.05) is 106 Å². The maximum Gasteiger partial charge on any atom is 0.177 e. The van der Waals surface area contributed by atoms with Gasteiger partial charge in [-0.05, 0) is 122 Å². The maximum absolute atomic E-state index is 4.69. The highest BCUT2D eigenvalue weighted by molar-refractivity contribution is 5.50. The number of rotatable bonds is 12. The van der Waals surface area contributed by atoms with Gasteiger partial charge in [-0.1, -0.05) is 121 Å². The molecule has 10 rings (SSSR count). The Labute approximate surface area is 416 Å². The molecule has 0 bridgehead atoms. The number of nitrogens with zero attached hydrogens (tertiary/aromatic N) is 14. The Hall–Kier alpha value is -5.74. The molecule has 14 nitrogen and oxygen atoms in total. The van der Waals surface area contributed by atoms with Gasteiger partial charge in [-0.15, -0.1) is 10.2 Å². The third-order valence-corrected chi connectivity index (χ3v) is 15.6. The van der Waals surface area contributed by atoms with E-state index in [0.717, 1.165) is 140 Å². The highest BCUT2D eigenvalue weighted by Gasteiger charge is 2.48. The maximum atomic E-state index is 4.69. The van der Waals surface area contributed by atoms with E-state index >= 15 is 0 Å². The number of tetrazole rings is 2. The van der Waals surface area contributed by atoms with Crippen molar-refractivity contribution in [3.63, 3.8) is 0 Å². The topological polar surface area (TPSA) is 107 Å². The van der Waals surface area contributed by atoms with Crippen molar-refractivity contribution in [1.29, 1.82) is 0 Å². The fourth-order valence-electron chi connectivity index (χ4n) is 11.4. The first-order chi connectivity index (χ1) is 34.1. The van der Waals surface area contributed by atoms with Crippen LogP contribution in [0.5, 0.6) is 0 Å². The molecule has 14 heteroatoms. The summed E-state index contributed by atoms with van der Waals surface area (Å²) in [6.07, 6.45) is 13.2. The molecule has 4 fully saturated rings. The van der Waals surface area contributed by atoms with Crippen LogP contribution < -0.4 is 0 Å². The number of piperidine rings is 2. The minimum atomic E-state index is -0.142. The number of benzene rings is 4. The Bertz CT molecular complexity index is 2420. The molecular weight excluding hydrogens is 869 g/mol. The van der Waals surface area contributed by atoms with E-state index in [9.17, 15) is 0 Å². The molecule has 4 aliphatic heterocycles. The third-order valence-electron chi connectivity index (χ3n) is 15.6. The molecule has 4 aliphatic rings. The van der Waals surface area contributed by atoms with E-state index in [1.54, 1.807) is 0 Å². The molecule has 0 radical (unpaired) electrons. The molecule has 6 heterocycles. The van der Waals surface area contributed by atoms with E-state index in [1.165, 1.54) is 33.4 Å². The first kappa shape index (κ1) is 49.2. The molecule has 2 aromatic heterocycles. The smallest absolute Gasteiger partial charge is 0.177 e. The standard InChI is InChI=1S/2C28H37N7/c2*1-23-9-7-10-24(2)26(23)35-27(29-30-31-35)28(14-17-32(3)18-15-28)34-21-19-33(20-22-34)16-8-13-25-11-5-4-6-12-25/h2*4-13H,14-22H2,1-3H3/b2*13-8+. The summed E-state index contributed by atoms with van der Waals surface area (Å²) in [4.78, 5) is 15.3. The zero-order valence-corrected chi connectivity index (χ0v) is 42.5. The van der Waals surface area contributed by atoms with E-state index in [2.05, 4.69) is 224 Å². The number of piperazine rings is 2. The summed E-state index contributed by atoms with van der Waals surface area (Å²) < 4.78 is 4.07. The van der Waals surface area contributed by atoms with Gasteiger partial charge in [0, 0.05) is 91.6 Å². The molecule has 4 saturated heterocycles. The Morgan fingerprint density at radius 2 is 0.771 bits per heavy atom. The molecule has 70 heavy (non-hydrogen) atoms. The van der Waals surface area contributed by atoms with E-state index in [0.29, 0.717) is 0 Å². The normalized spacial score (nSPS) is 20.0. The Kier molecular flexibility index (Phi) is 15.9. The summed E-state index contributed by atoms with van der Waals surface area (Å²) in [5.41, 5.74) is 9.30. The van der Waals surface area contributed by atoms with Gasteiger partial charge in [-0.25, -0.2) is 0 Å². The van der Waals surface area contributed by atoms with Gasteiger partial charge in [0.1, 0.15) is 0 Å². The second kappa shape index (κ2) is 22.6. The molecule has 368 valence electrons. The van der Waals surface area contributed by atoms with E-state index in [-0.39, 0.29) is 11.1 Å². The summed E-state index contributed by atoms with van der Waals surface area (Å²) in [6.45, 7) is 23.1. The van der Waals surface area contributed by atoms with Gasteiger partial charge in [0.2, 0.25) is 0 Å². The van der Waals surface area contributed by atoms with Crippen LogP contribution in [0, 0.1) is 27.7 Å². The second-order valence-electron chi connectivity index (χ2n) is 20.2. The number of hydrogen-bond acceptors (Lipinski definition) is 12. The molecular formula is C56H74N14. The second-order valence-corrected chi connectivity index (χ2v) is 20.2. The van der Waals surface area contributed by atoms with Crippen LogP contribution in [0.3, 0.4) is 0 Å². The van der Waals surface area contributed by atoms with Crippen molar-refractivity contribution in [2.24, 2.45) is 0 Å². The average Bonchev–Trinajstić information content (AvgIpc) is 4.08. The Balaban J connectivity index is 0.000000174. The van der Waals surface area contributed by atoms with Crippen molar-refractivity contribution in [1.82, 2.24) is 69.8 Å². The van der Waals surface area contributed by atoms with Crippen LogP contribution in [0.25, 0.3) is 23.5 Å². The fraction of sp³-hybridized carbons (Fsp3) is 0.464. The molecule has 0 N–H and O–H groups in total. The lowest BCUT2D eigenvalue weighted by Gasteiger charge is -2.50. The SMILES string of the molecule is Cc1cccc(C)c1-n1nnnc1C1(N2CCN(C/C=C/c3ccccc3)CC2)CCN(C)CC1.Cc1cccc(C)c1-n1nnnc1C1(N2CCN(C/C=C/c3ccccc3)CC2)CCN(C)CC1. The molecule has 0 spiro atoms. The minimum absolute atomic E-state index is 0.142. The van der Waals surface area contributed by atoms with Gasteiger partial charge in [0.05, 0.1) is 22.5 Å². The first-order valence-corrected chi connectivity index (χ1v) is 25.6. The first-order valence-electron chi connectivity index (χ1n) is 25.6. The lowest BCUT2D eigenvalue weighted by Crippen LogP contribution is -2.59.